The summed E-state index contributed by atoms with van der Waals surface area (Å²) in [5.74, 6) is 9.45. The van der Waals surface area contributed by atoms with Crippen LogP contribution in [0, 0.1) is 47.3 Å². The van der Waals surface area contributed by atoms with E-state index in [1.165, 1.54) is 112 Å². The van der Waals surface area contributed by atoms with Gasteiger partial charge in [0.25, 0.3) is 0 Å². The van der Waals surface area contributed by atoms with Crippen LogP contribution in [0.15, 0.2) is 0 Å². The molecule has 246 valence electrons. The van der Waals surface area contributed by atoms with E-state index >= 15 is 0 Å². The molecule has 20 aliphatic rings. The third-order valence-electron chi connectivity index (χ3n) is 28.6. The van der Waals surface area contributed by atoms with E-state index in [0.717, 1.165) is 44.4 Å². The summed E-state index contributed by atoms with van der Waals surface area (Å²) < 4.78 is 1.99. The van der Waals surface area contributed by atoms with E-state index in [4.69, 9.17) is 0 Å². The van der Waals surface area contributed by atoms with Crippen LogP contribution in [0.25, 0.3) is 0 Å². The van der Waals surface area contributed by atoms with E-state index in [-0.39, 0.29) is 7.92 Å². The van der Waals surface area contributed by atoms with Gasteiger partial charge in [-0.2, -0.15) is 0 Å². The Morgan fingerprint density at radius 1 is 0.600 bits per heavy atom. The molecule has 8 unspecified atom stereocenters. The Bertz CT molecular complexity index is 1810. The van der Waals surface area contributed by atoms with Crippen LogP contribution in [0.2, 0.25) is 47.2 Å². The van der Waals surface area contributed by atoms with Crippen molar-refractivity contribution in [3.63, 3.8) is 0 Å². The second-order valence-electron chi connectivity index (χ2n) is 24.6. The minimum absolute atomic E-state index is 0.215. The average molecular weight is 685 g/mol. The van der Waals surface area contributed by atoms with Crippen LogP contribution in [0.5, 0.6) is 0 Å². The Morgan fingerprint density at radius 2 is 1.04 bits per heavy atom. The second kappa shape index (κ2) is 4.15. The van der Waals surface area contributed by atoms with Gasteiger partial charge in [-0.15, -0.1) is 0 Å². The number of nitrogens with one attached hydrogen (secondary N) is 2. The third-order valence-corrected chi connectivity index (χ3v) is 78.1. The van der Waals surface area contributed by atoms with Crippen LogP contribution in [0.3, 0.4) is 0 Å². The number of hydrogen-bond donors (Lipinski definition) is 2. The minimum atomic E-state index is -3.68. The van der Waals surface area contributed by atoms with Crippen molar-refractivity contribution in [2.45, 2.75) is 166 Å². The molecular weight excluding hydrogens is 626 g/mol. The van der Waals surface area contributed by atoms with Crippen molar-refractivity contribution in [2.75, 3.05) is 19.3 Å². The topological polar surface area (TPSA) is 24.1 Å². The molecule has 12 heterocycles. The summed E-state index contributed by atoms with van der Waals surface area (Å²) in [5.41, 5.74) is 2.50. The SMILES string of the molecule is PC(C1CCCN1)(C1CCCN1)[C]12[CH]3[CH]4[CH]5[C]1(CP(C1C6CC7CC(C6)CC1C7)C1C6CC7CC(C6)CC1C7)[Fe]45321678[CH]2[CH]1[CH]6[CH]7[CH]28. The van der Waals surface area contributed by atoms with E-state index in [1.54, 1.807) is 64.2 Å². The van der Waals surface area contributed by atoms with E-state index in [9.17, 15) is 0 Å². The predicted octanol–water partition coefficient (Wildman–Crippen LogP) is 9.37. The number of rotatable bonds is 7. The van der Waals surface area contributed by atoms with Gasteiger partial charge >= 0.3 is 267 Å². The zero-order valence-corrected chi connectivity index (χ0v) is 30.6. The molecule has 0 aromatic heterocycles. The van der Waals surface area contributed by atoms with E-state index in [2.05, 4.69) is 19.9 Å². The summed E-state index contributed by atoms with van der Waals surface area (Å²) in [6.07, 6.45) is 24.9. The average Bonchev–Trinajstić information content (AvgIpc) is 3.80. The Labute approximate surface area is 265 Å². The molecule has 20 rings (SSSR count). The molecule has 0 aromatic carbocycles. The third kappa shape index (κ3) is 0.769. The second-order valence-corrected chi connectivity index (χ2v) is 51.5. The Hall–Kier alpha value is 1.30. The van der Waals surface area contributed by atoms with Gasteiger partial charge in [-0.05, 0) is 0 Å². The van der Waals surface area contributed by atoms with Crippen LogP contribution >= 0.6 is 17.2 Å². The Balaban J connectivity index is 0.881. The van der Waals surface area contributed by atoms with Crippen molar-refractivity contribution >= 4 is 17.2 Å². The number of fused-ring (bicyclic) bond motifs is 10. The first-order chi connectivity index (χ1) is 21.8. The van der Waals surface area contributed by atoms with Crippen molar-refractivity contribution in [3.05, 3.63) is 0 Å². The first-order valence-electron chi connectivity index (χ1n) is 21.0. The molecule has 12 aliphatic heterocycles. The van der Waals surface area contributed by atoms with Gasteiger partial charge in [-0.3, -0.25) is 0 Å². The van der Waals surface area contributed by atoms with Gasteiger partial charge in [0, 0.05) is 0 Å². The van der Waals surface area contributed by atoms with Gasteiger partial charge in [0.2, 0.25) is 0 Å². The predicted molar refractivity (Wildman–Crippen MR) is 183 cm³/mol. The molecule has 5 heteroatoms. The number of hydrogen-bond acceptors (Lipinski definition) is 2. The summed E-state index contributed by atoms with van der Waals surface area (Å²) >= 11 is 0. The fourth-order valence-electron chi connectivity index (χ4n) is 31.2. The first-order valence-corrected chi connectivity index (χ1v) is 29.5. The van der Waals surface area contributed by atoms with Crippen molar-refractivity contribution in [3.8, 4) is 0 Å². The molecular formula is C40H58FeN2P2. The van der Waals surface area contributed by atoms with E-state index in [0.29, 0.717) is 5.16 Å². The normalized spacial score (nSPS) is 87.6. The fraction of sp³-hybridized carbons (Fsp3) is 1.00. The monoisotopic (exact) mass is 684 g/mol. The zero-order valence-electron chi connectivity index (χ0n) is 27.4. The van der Waals surface area contributed by atoms with E-state index in [1.807, 2.05) is 6.16 Å². The zero-order chi connectivity index (χ0) is 28.4. The molecule has 0 amide bonds. The molecule has 8 aliphatic carbocycles. The van der Waals surface area contributed by atoms with Gasteiger partial charge in [-0.25, -0.2) is 0 Å². The maximum atomic E-state index is 4.35. The summed E-state index contributed by atoms with van der Waals surface area (Å²) in [6.45, 7) is -1.02. The molecule has 12 saturated heterocycles. The molecule has 8 bridgehead atoms. The molecule has 2 N–H and O–H groups in total. The fourth-order valence-corrected chi connectivity index (χ4v) is 121. The molecule has 20 fully saturated rings. The molecule has 2 nitrogen and oxygen atoms in total. The molecule has 8 atom stereocenters. The standard InChI is InChI=1S/C35H53N2P2.C5H5.Fe/c38-35(31-6-2-8-36-31,32-7-3-9-37-32)30-5-1-4-25(30)20-39(33-26-12-21-10-22(14-26)15-27(33)13-21)34-28-16-23-11-24(18-28)19-29(34)17-23;1-2-4-5-3-1;/h1,4-5,21-24,26-29,31-34,36-37H,2-3,6-20,38H2;1-5H;. The van der Waals surface area contributed by atoms with Crippen molar-refractivity contribution in [1.82, 2.24) is 10.6 Å². The van der Waals surface area contributed by atoms with Gasteiger partial charge in [0.1, 0.15) is 0 Å². The summed E-state index contributed by atoms with van der Waals surface area (Å²) in [6, 6.07) is 1.67. The van der Waals surface area contributed by atoms with Gasteiger partial charge in [0.15, 0.2) is 0 Å². The molecule has 0 radical (unpaired) electrons. The van der Waals surface area contributed by atoms with Gasteiger partial charge < -0.3 is 0 Å². The summed E-state index contributed by atoms with van der Waals surface area (Å²) in [7, 11) is 4.22. The first kappa shape index (κ1) is 23.7. The molecule has 1 spiro atoms. The molecule has 45 heavy (non-hydrogen) atoms. The molecule has 8 saturated carbocycles. The maximum absolute atomic E-state index is 4.35. The van der Waals surface area contributed by atoms with Crippen LogP contribution in [0.1, 0.15) is 89.9 Å². The van der Waals surface area contributed by atoms with Crippen molar-refractivity contribution in [1.29, 1.82) is 0 Å². The molecule has 0 aromatic rings. The summed E-state index contributed by atoms with van der Waals surface area (Å²) in [4.78, 5) is 11.7. The van der Waals surface area contributed by atoms with Gasteiger partial charge in [-0.1, -0.05) is 0 Å². The van der Waals surface area contributed by atoms with Crippen molar-refractivity contribution in [2.24, 2.45) is 47.3 Å². The summed E-state index contributed by atoms with van der Waals surface area (Å²) in [5, 5.41) is 9.25. The van der Waals surface area contributed by atoms with Crippen LogP contribution in [0.4, 0.5) is 0 Å². The van der Waals surface area contributed by atoms with Gasteiger partial charge in [0.05, 0.1) is 0 Å². The quantitative estimate of drug-likeness (QED) is 0.206. The van der Waals surface area contributed by atoms with Crippen LogP contribution in [-0.2, 0) is 6.51 Å². The van der Waals surface area contributed by atoms with Crippen LogP contribution < -0.4 is 10.6 Å². The van der Waals surface area contributed by atoms with E-state index < -0.39 is 6.51 Å². The Kier molecular flexibility index (Phi) is 2.19. The Morgan fingerprint density at radius 3 is 1.40 bits per heavy atom. The van der Waals surface area contributed by atoms with Crippen molar-refractivity contribution < 1.29 is 6.51 Å². The van der Waals surface area contributed by atoms with Crippen LogP contribution in [-0.4, -0.2) is 47.8 Å².